The molecule has 2 nitrogen and oxygen atoms in total. The number of rotatable bonds is 2. The lowest BCUT2D eigenvalue weighted by Crippen LogP contribution is -2.51. The Kier molecular flexibility index (Phi) is 3.57. The maximum Gasteiger partial charge on any atom is 0.0658 e. The van der Waals surface area contributed by atoms with Gasteiger partial charge in [-0.15, -0.1) is 0 Å². The summed E-state index contributed by atoms with van der Waals surface area (Å²) in [4.78, 5) is 2.46. The van der Waals surface area contributed by atoms with E-state index in [9.17, 15) is 0 Å². The molecule has 0 spiro atoms. The van der Waals surface area contributed by atoms with Crippen molar-refractivity contribution in [3.05, 3.63) is 66.2 Å². The Hall–Kier alpha value is -1.90. The van der Waals surface area contributed by atoms with Gasteiger partial charge < -0.3 is 4.74 Å². The normalized spacial score (nSPS) is 24.9. The molecule has 0 saturated carbocycles. The smallest absolute Gasteiger partial charge is 0.0658 e. The fourth-order valence-electron chi connectivity index (χ4n) is 3.59. The molecule has 0 amide bonds. The third kappa shape index (κ3) is 2.39. The molecule has 112 valence electrons. The van der Waals surface area contributed by atoms with Crippen molar-refractivity contribution in [2.24, 2.45) is 0 Å². The summed E-state index contributed by atoms with van der Waals surface area (Å²) in [6.07, 6.45) is 3.47. The van der Waals surface area contributed by atoms with Crippen LogP contribution in [0.15, 0.2) is 60.7 Å². The van der Waals surface area contributed by atoms with Gasteiger partial charge in [0.1, 0.15) is 0 Å². The maximum absolute atomic E-state index is 5.72. The van der Waals surface area contributed by atoms with Gasteiger partial charge >= 0.3 is 0 Å². The lowest BCUT2D eigenvalue weighted by atomic mass is 9.86. The van der Waals surface area contributed by atoms with Crippen LogP contribution in [0.25, 0.3) is 16.7 Å². The average Bonchev–Trinajstić information content (AvgIpc) is 2.55. The molecule has 4 rings (SSSR count). The lowest BCUT2D eigenvalue weighted by Gasteiger charge is -2.42. The van der Waals surface area contributed by atoms with Crippen LogP contribution in [0.3, 0.4) is 0 Å². The molecule has 1 fully saturated rings. The van der Waals surface area contributed by atoms with Gasteiger partial charge in [0.25, 0.3) is 0 Å². The maximum atomic E-state index is 5.72. The Labute approximate surface area is 132 Å². The van der Waals surface area contributed by atoms with E-state index in [0.29, 0.717) is 12.1 Å². The Morgan fingerprint density at radius 2 is 1.64 bits per heavy atom. The summed E-state index contributed by atoms with van der Waals surface area (Å²) < 4.78 is 5.72. The van der Waals surface area contributed by atoms with Gasteiger partial charge in [-0.25, -0.2) is 0 Å². The van der Waals surface area contributed by atoms with E-state index < -0.39 is 0 Å². The Bertz CT molecular complexity index is 692. The molecule has 2 unspecified atom stereocenters. The number of nitrogens with zero attached hydrogens (tertiary/aromatic N) is 1. The number of likely N-dealkylation sites (N-methyl/N-ethyl adjacent to an activating group) is 1. The summed E-state index contributed by atoms with van der Waals surface area (Å²) in [7, 11) is 2.22. The number of benzene rings is 2. The number of hydrogen-bond acceptors (Lipinski definition) is 2. The molecule has 2 atom stereocenters. The minimum absolute atomic E-state index is 0.409. The highest BCUT2D eigenvalue weighted by molar-refractivity contribution is 5.82. The van der Waals surface area contributed by atoms with Crippen LogP contribution >= 0.6 is 0 Å². The second-order valence-corrected chi connectivity index (χ2v) is 6.23. The van der Waals surface area contributed by atoms with Crippen molar-refractivity contribution in [1.82, 2.24) is 4.90 Å². The fraction of sp³-hybridized carbons (Fsp3) is 0.300. The first-order chi connectivity index (χ1) is 10.8. The van der Waals surface area contributed by atoms with Crippen LogP contribution in [-0.4, -0.2) is 37.2 Å². The minimum Gasteiger partial charge on any atom is -0.378 e. The molecule has 22 heavy (non-hydrogen) atoms. The first kappa shape index (κ1) is 13.7. The standard InChI is InChI=1S/C20H21NO/c1-21-17-11-16(12-18(21)14-22-13-17)20-10-6-5-9-19(20)15-7-3-2-4-8-15/h2-11,17-18H,12-14H2,1H3. The number of ether oxygens (including phenoxy) is 1. The molecule has 2 heterocycles. The van der Waals surface area contributed by atoms with Crippen molar-refractivity contribution in [1.29, 1.82) is 0 Å². The zero-order valence-corrected chi connectivity index (χ0v) is 12.9. The van der Waals surface area contributed by atoms with Crippen LogP contribution in [0, 0.1) is 0 Å². The van der Waals surface area contributed by atoms with E-state index in [2.05, 4.69) is 72.6 Å². The number of hydrogen-bond donors (Lipinski definition) is 0. The molecule has 0 aliphatic carbocycles. The molecule has 2 aliphatic rings. The number of fused-ring (bicyclic) bond motifs is 2. The summed E-state index contributed by atoms with van der Waals surface area (Å²) in [6.45, 7) is 1.65. The first-order valence-electron chi connectivity index (χ1n) is 7.98. The Morgan fingerprint density at radius 1 is 0.909 bits per heavy atom. The van der Waals surface area contributed by atoms with Crippen LogP contribution in [0.1, 0.15) is 12.0 Å². The molecular formula is C20H21NO. The van der Waals surface area contributed by atoms with Gasteiger partial charge in [-0.3, -0.25) is 4.90 Å². The van der Waals surface area contributed by atoms with Gasteiger partial charge in [0.15, 0.2) is 0 Å². The van der Waals surface area contributed by atoms with Crippen molar-refractivity contribution in [3.8, 4) is 11.1 Å². The zero-order chi connectivity index (χ0) is 14.9. The second-order valence-electron chi connectivity index (χ2n) is 6.23. The van der Waals surface area contributed by atoms with Crippen molar-refractivity contribution in [3.63, 3.8) is 0 Å². The van der Waals surface area contributed by atoms with E-state index in [1.165, 1.54) is 22.3 Å². The molecule has 2 bridgehead atoms. The van der Waals surface area contributed by atoms with Crippen LogP contribution in [0.4, 0.5) is 0 Å². The van der Waals surface area contributed by atoms with Crippen LogP contribution in [-0.2, 0) is 4.74 Å². The van der Waals surface area contributed by atoms with Crippen molar-refractivity contribution in [2.45, 2.75) is 18.5 Å². The highest BCUT2D eigenvalue weighted by Gasteiger charge is 2.32. The molecule has 2 heteroatoms. The predicted molar refractivity (Wildman–Crippen MR) is 90.6 cm³/mol. The third-order valence-electron chi connectivity index (χ3n) is 4.90. The van der Waals surface area contributed by atoms with Crippen LogP contribution < -0.4 is 0 Å². The van der Waals surface area contributed by atoms with Crippen molar-refractivity contribution >= 4 is 5.57 Å². The van der Waals surface area contributed by atoms with E-state index in [1.54, 1.807) is 0 Å². The van der Waals surface area contributed by atoms with E-state index >= 15 is 0 Å². The SMILES string of the molecule is CN1C2C=C(c3ccccc3-c3ccccc3)CC1COC2. The topological polar surface area (TPSA) is 12.5 Å². The van der Waals surface area contributed by atoms with Gasteiger partial charge in [0, 0.05) is 6.04 Å². The Morgan fingerprint density at radius 3 is 2.41 bits per heavy atom. The molecule has 0 radical (unpaired) electrons. The van der Waals surface area contributed by atoms with Gasteiger partial charge in [0.05, 0.1) is 19.3 Å². The van der Waals surface area contributed by atoms with E-state index in [0.717, 1.165) is 19.6 Å². The fourth-order valence-corrected chi connectivity index (χ4v) is 3.59. The molecule has 1 saturated heterocycles. The largest absolute Gasteiger partial charge is 0.378 e. The van der Waals surface area contributed by atoms with Crippen LogP contribution in [0.2, 0.25) is 0 Å². The van der Waals surface area contributed by atoms with Gasteiger partial charge in [-0.2, -0.15) is 0 Å². The second kappa shape index (κ2) is 5.71. The third-order valence-corrected chi connectivity index (χ3v) is 4.90. The van der Waals surface area contributed by atoms with Crippen molar-refractivity contribution < 1.29 is 4.74 Å². The molecular weight excluding hydrogens is 270 g/mol. The lowest BCUT2D eigenvalue weighted by molar-refractivity contribution is -0.0221. The quantitative estimate of drug-likeness (QED) is 0.833. The van der Waals surface area contributed by atoms with Crippen molar-refractivity contribution in [2.75, 3.05) is 20.3 Å². The summed E-state index contributed by atoms with van der Waals surface area (Å²) >= 11 is 0. The first-order valence-corrected chi connectivity index (χ1v) is 7.98. The van der Waals surface area contributed by atoms with Crippen LogP contribution in [0.5, 0.6) is 0 Å². The highest BCUT2D eigenvalue weighted by Crippen LogP contribution is 2.36. The van der Waals surface area contributed by atoms with Gasteiger partial charge in [0.2, 0.25) is 0 Å². The molecule has 2 aromatic carbocycles. The summed E-state index contributed by atoms with van der Waals surface area (Å²) in [5, 5.41) is 0. The molecule has 2 aromatic rings. The summed E-state index contributed by atoms with van der Waals surface area (Å²) in [5.41, 5.74) is 5.46. The Balaban J connectivity index is 1.78. The van der Waals surface area contributed by atoms with E-state index in [-0.39, 0.29) is 0 Å². The summed E-state index contributed by atoms with van der Waals surface area (Å²) in [6, 6.07) is 20.4. The zero-order valence-electron chi connectivity index (χ0n) is 12.9. The molecule has 0 aromatic heterocycles. The van der Waals surface area contributed by atoms with Gasteiger partial charge in [-0.1, -0.05) is 60.7 Å². The minimum atomic E-state index is 0.409. The van der Waals surface area contributed by atoms with E-state index in [4.69, 9.17) is 4.74 Å². The highest BCUT2D eigenvalue weighted by atomic mass is 16.5. The summed E-state index contributed by atoms with van der Waals surface area (Å²) in [5.74, 6) is 0. The van der Waals surface area contributed by atoms with E-state index in [1.807, 2.05) is 0 Å². The van der Waals surface area contributed by atoms with Gasteiger partial charge in [-0.05, 0) is 35.7 Å². The number of morpholine rings is 1. The average molecular weight is 291 g/mol. The molecule has 2 aliphatic heterocycles. The molecule has 0 N–H and O–H groups in total. The monoisotopic (exact) mass is 291 g/mol. The predicted octanol–water partition coefficient (Wildman–Crippen LogP) is 3.84.